The normalized spacial score (nSPS) is 14.3. The van der Waals surface area contributed by atoms with Crippen LogP contribution in [0.25, 0.3) is 0 Å². The molecule has 0 aliphatic rings. The molecule has 0 bridgehead atoms. The SMILES string of the molecule is C=CCCCC(NN)C(C)(C)C. The van der Waals surface area contributed by atoms with Crippen LogP contribution >= 0.6 is 0 Å². The molecule has 2 nitrogen and oxygen atoms in total. The van der Waals surface area contributed by atoms with Crippen LogP contribution in [0.3, 0.4) is 0 Å². The first-order valence-electron chi connectivity index (χ1n) is 4.59. The van der Waals surface area contributed by atoms with Gasteiger partial charge in [-0.3, -0.25) is 11.3 Å². The lowest BCUT2D eigenvalue weighted by atomic mass is 9.84. The third-order valence-corrected chi connectivity index (χ3v) is 2.15. The number of rotatable bonds is 5. The Morgan fingerprint density at radius 2 is 2.08 bits per heavy atom. The molecule has 3 N–H and O–H groups in total. The summed E-state index contributed by atoms with van der Waals surface area (Å²) in [5.74, 6) is 5.47. The molecule has 0 aliphatic carbocycles. The average molecular weight is 170 g/mol. The van der Waals surface area contributed by atoms with E-state index in [-0.39, 0.29) is 5.41 Å². The van der Waals surface area contributed by atoms with Gasteiger partial charge in [-0.05, 0) is 24.7 Å². The molecule has 0 saturated heterocycles. The Kier molecular flexibility index (Phi) is 5.18. The molecule has 0 heterocycles. The van der Waals surface area contributed by atoms with E-state index in [1.165, 1.54) is 0 Å². The number of hydrogen-bond acceptors (Lipinski definition) is 2. The van der Waals surface area contributed by atoms with E-state index in [0.717, 1.165) is 19.3 Å². The van der Waals surface area contributed by atoms with Gasteiger partial charge in [-0.1, -0.05) is 26.8 Å². The lowest BCUT2D eigenvalue weighted by Gasteiger charge is -2.29. The van der Waals surface area contributed by atoms with Crippen molar-refractivity contribution in [2.75, 3.05) is 0 Å². The Hall–Kier alpha value is -0.340. The van der Waals surface area contributed by atoms with Crippen LogP contribution in [0, 0.1) is 5.41 Å². The smallest absolute Gasteiger partial charge is 0.0259 e. The van der Waals surface area contributed by atoms with E-state index in [2.05, 4.69) is 32.8 Å². The van der Waals surface area contributed by atoms with Crippen molar-refractivity contribution >= 4 is 0 Å². The van der Waals surface area contributed by atoms with Gasteiger partial charge in [-0.2, -0.15) is 0 Å². The number of unbranched alkanes of at least 4 members (excludes halogenated alkanes) is 1. The molecule has 0 aromatic rings. The van der Waals surface area contributed by atoms with Gasteiger partial charge in [0.05, 0.1) is 0 Å². The summed E-state index contributed by atoms with van der Waals surface area (Å²) < 4.78 is 0. The van der Waals surface area contributed by atoms with Gasteiger partial charge in [-0.15, -0.1) is 6.58 Å². The standard InChI is InChI=1S/C10H22N2/c1-5-6-7-8-9(12-11)10(2,3)4/h5,9,12H,1,6-8,11H2,2-4H3. The molecule has 0 aromatic carbocycles. The summed E-state index contributed by atoms with van der Waals surface area (Å²) in [4.78, 5) is 0. The van der Waals surface area contributed by atoms with E-state index in [4.69, 9.17) is 5.84 Å². The van der Waals surface area contributed by atoms with Gasteiger partial charge in [0.15, 0.2) is 0 Å². The predicted octanol–water partition coefficient (Wildman–Crippen LogP) is 2.22. The third kappa shape index (κ3) is 4.52. The van der Waals surface area contributed by atoms with Gasteiger partial charge in [0.25, 0.3) is 0 Å². The number of hydrazine groups is 1. The average Bonchev–Trinajstić information content (AvgIpc) is 1.95. The van der Waals surface area contributed by atoms with Crippen molar-refractivity contribution in [3.63, 3.8) is 0 Å². The predicted molar refractivity (Wildman–Crippen MR) is 54.6 cm³/mol. The monoisotopic (exact) mass is 170 g/mol. The second-order valence-electron chi connectivity index (χ2n) is 4.30. The Morgan fingerprint density at radius 1 is 1.50 bits per heavy atom. The van der Waals surface area contributed by atoms with Gasteiger partial charge in [0, 0.05) is 6.04 Å². The molecule has 2 heteroatoms. The van der Waals surface area contributed by atoms with Gasteiger partial charge in [0.1, 0.15) is 0 Å². The van der Waals surface area contributed by atoms with Crippen LogP contribution in [0.2, 0.25) is 0 Å². The largest absolute Gasteiger partial charge is 0.271 e. The molecule has 0 amide bonds. The second-order valence-corrected chi connectivity index (χ2v) is 4.30. The van der Waals surface area contributed by atoms with Crippen molar-refractivity contribution in [3.8, 4) is 0 Å². The summed E-state index contributed by atoms with van der Waals surface area (Å²) in [5.41, 5.74) is 3.11. The lowest BCUT2D eigenvalue weighted by molar-refractivity contribution is 0.253. The fraction of sp³-hybridized carbons (Fsp3) is 0.800. The van der Waals surface area contributed by atoms with Crippen LogP contribution in [0.1, 0.15) is 40.0 Å². The fourth-order valence-electron chi connectivity index (χ4n) is 1.23. The quantitative estimate of drug-likeness (QED) is 0.287. The fourth-order valence-corrected chi connectivity index (χ4v) is 1.23. The summed E-state index contributed by atoms with van der Waals surface area (Å²) in [7, 11) is 0. The molecule has 12 heavy (non-hydrogen) atoms. The van der Waals surface area contributed by atoms with Crippen molar-refractivity contribution in [2.45, 2.75) is 46.1 Å². The highest BCUT2D eigenvalue weighted by molar-refractivity contribution is 4.79. The minimum absolute atomic E-state index is 0.246. The van der Waals surface area contributed by atoms with Gasteiger partial charge < -0.3 is 0 Å². The van der Waals surface area contributed by atoms with Crippen LogP contribution in [0.4, 0.5) is 0 Å². The Morgan fingerprint density at radius 3 is 2.42 bits per heavy atom. The van der Waals surface area contributed by atoms with E-state index in [1.807, 2.05) is 6.08 Å². The van der Waals surface area contributed by atoms with Crippen molar-refractivity contribution in [1.29, 1.82) is 0 Å². The molecule has 0 spiro atoms. The molecule has 0 rings (SSSR count). The van der Waals surface area contributed by atoms with Crippen molar-refractivity contribution < 1.29 is 0 Å². The summed E-state index contributed by atoms with van der Waals surface area (Å²) >= 11 is 0. The Balaban J connectivity index is 3.75. The first-order chi connectivity index (χ1) is 5.52. The van der Waals surface area contributed by atoms with Crippen molar-refractivity contribution in [1.82, 2.24) is 5.43 Å². The van der Waals surface area contributed by atoms with Gasteiger partial charge in [0.2, 0.25) is 0 Å². The second kappa shape index (κ2) is 5.33. The van der Waals surface area contributed by atoms with Crippen LogP contribution < -0.4 is 11.3 Å². The molecule has 0 fully saturated rings. The summed E-state index contributed by atoms with van der Waals surface area (Å²) in [6, 6.07) is 0.400. The zero-order valence-corrected chi connectivity index (χ0v) is 8.56. The first kappa shape index (κ1) is 11.7. The Labute approximate surface area is 76.2 Å². The summed E-state index contributed by atoms with van der Waals surface area (Å²) in [6.45, 7) is 10.3. The number of allylic oxidation sites excluding steroid dienone is 1. The van der Waals surface area contributed by atoms with Crippen LogP contribution in [-0.2, 0) is 0 Å². The molecular formula is C10H22N2. The van der Waals surface area contributed by atoms with Gasteiger partial charge in [-0.25, -0.2) is 0 Å². The third-order valence-electron chi connectivity index (χ3n) is 2.15. The topological polar surface area (TPSA) is 38.0 Å². The van der Waals surface area contributed by atoms with E-state index >= 15 is 0 Å². The van der Waals surface area contributed by atoms with Crippen molar-refractivity contribution in [2.24, 2.45) is 11.3 Å². The molecule has 1 unspecified atom stereocenters. The van der Waals surface area contributed by atoms with E-state index < -0.39 is 0 Å². The minimum Gasteiger partial charge on any atom is -0.271 e. The summed E-state index contributed by atoms with van der Waals surface area (Å²) in [6.07, 6.45) is 5.31. The maximum atomic E-state index is 5.47. The maximum Gasteiger partial charge on any atom is 0.0259 e. The maximum absolute atomic E-state index is 5.47. The highest BCUT2D eigenvalue weighted by atomic mass is 15.2. The zero-order valence-electron chi connectivity index (χ0n) is 8.56. The van der Waals surface area contributed by atoms with Gasteiger partial charge >= 0.3 is 0 Å². The van der Waals surface area contributed by atoms with E-state index in [9.17, 15) is 0 Å². The molecule has 1 atom stereocenters. The zero-order chi connectivity index (χ0) is 9.61. The number of nitrogens with two attached hydrogens (primary N) is 1. The molecule has 72 valence electrons. The van der Waals surface area contributed by atoms with Crippen LogP contribution in [-0.4, -0.2) is 6.04 Å². The summed E-state index contributed by atoms with van der Waals surface area (Å²) in [5, 5.41) is 0. The molecular weight excluding hydrogens is 148 g/mol. The Bertz CT molecular complexity index is 124. The molecule has 0 radical (unpaired) electrons. The number of nitrogens with one attached hydrogen (secondary N) is 1. The number of hydrogen-bond donors (Lipinski definition) is 2. The first-order valence-corrected chi connectivity index (χ1v) is 4.59. The molecule has 0 saturated carbocycles. The molecule has 0 aromatic heterocycles. The highest BCUT2D eigenvalue weighted by Crippen LogP contribution is 2.22. The molecule has 0 aliphatic heterocycles. The minimum atomic E-state index is 0.246. The van der Waals surface area contributed by atoms with Crippen LogP contribution in [0.15, 0.2) is 12.7 Å². The van der Waals surface area contributed by atoms with E-state index in [1.54, 1.807) is 0 Å². The van der Waals surface area contributed by atoms with Crippen LogP contribution in [0.5, 0.6) is 0 Å². The lowest BCUT2D eigenvalue weighted by Crippen LogP contribution is -2.44. The van der Waals surface area contributed by atoms with E-state index in [0.29, 0.717) is 6.04 Å². The van der Waals surface area contributed by atoms with Crippen molar-refractivity contribution in [3.05, 3.63) is 12.7 Å². The highest BCUT2D eigenvalue weighted by Gasteiger charge is 2.22.